The van der Waals surface area contributed by atoms with E-state index >= 15 is 0 Å². The summed E-state index contributed by atoms with van der Waals surface area (Å²) < 4.78 is 33.5. The van der Waals surface area contributed by atoms with E-state index in [1.54, 1.807) is 17.0 Å². The van der Waals surface area contributed by atoms with Gasteiger partial charge in [0.15, 0.2) is 0 Å². The molecule has 0 atom stereocenters. The molecule has 1 aliphatic heterocycles. The van der Waals surface area contributed by atoms with Gasteiger partial charge in [-0.05, 0) is 42.0 Å². The van der Waals surface area contributed by atoms with Gasteiger partial charge in [-0.2, -0.15) is 0 Å². The highest BCUT2D eigenvalue weighted by atomic mass is 35.5. The van der Waals surface area contributed by atoms with Gasteiger partial charge in [-0.15, -0.1) is 0 Å². The van der Waals surface area contributed by atoms with Crippen molar-refractivity contribution in [2.24, 2.45) is 0 Å². The number of amides is 2. The molecule has 32 heavy (non-hydrogen) atoms. The molecule has 0 saturated carbocycles. The van der Waals surface area contributed by atoms with E-state index in [-0.39, 0.29) is 27.4 Å². The third-order valence-electron chi connectivity index (χ3n) is 5.02. The molecule has 0 unspecified atom stereocenters. The number of sulfonamides is 1. The predicted molar refractivity (Wildman–Crippen MR) is 123 cm³/mol. The van der Waals surface area contributed by atoms with Gasteiger partial charge in [0.05, 0.1) is 19.0 Å². The minimum Gasteiger partial charge on any atom is -0.495 e. The topological polar surface area (TPSA) is 101 Å². The lowest BCUT2D eigenvalue weighted by atomic mass is 10.1. The largest absolute Gasteiger partial charge is 0.495 e. The molecule has 0 radical (unpaired) electrons. The number of nitrogens with one attached hydrogen (secondary N) is 2. The first-order valence-electron chi connectivity index (χ1n) is 9.81. The first-order valence-corrected chi connectivity index (χ1v) is 11.7. The number of aromatic nitrogens is 1. The lowest BCUT2D eigenvalue weighted by Crippen LogP contribution is -2.39. The number of carbonyl (C=O) groups excluding carboxylic acids is 1. The molecule has 1 aliphatic rings. The molecule has 1 aromatic heterocycles. The van der Waals surface area contributed by atoms with E-state index in [1.807, 2.05) is 30.3 Å². The molecule has 2 amide bonds. The van der Waals surface area contributed by atoms with Crippen LogP contribution in [0.25, 0.3) is 0 Å². The number of urea groups is 1. The lowest BCUT2D eigenvalue weighted by Gasteiger charge is -2.28. The number of anilines is 2. The summed E-state index contributed by atoms with van der Waals surface area (Å²) in [4.78, 5) is 18.6. The fourth-order valence-electron chi connectivity index (χ4n) is 3.45. The zero-order valence-corrected chi connectivity index (χ0v) is 18.8. The first-order chi connectivity index (χ1) is 15.4. The van der Waals surface area contributed by atoms with Gasteiger partial charge in [-0.3, -0.25) is 9.71 Å². The van der Waals surface area contributed by atoms with E-state index in [1.165, 1.54) is 25.4 Å². The quantitative estimate of drug-likeness (QED) is 0.581. The number of rotatable bonds is 5. The van der Waals surface area contributed by atoms with Crippen molar-refractivity contribution in [1.82, 2.24) is 9.88 Å². The van der Waals surface area contributed by atoms with Crippen LogP contribution < -0.4 is 14.8 Å². The Morgan fingerprint density at radius 2 is 1.91 bits per heavy atom. The second-order valence-electron chi connectivity index (χ2n) is 7.20. The molecule has 2 aromatic carbocycles. The number of methoxy groups -OCH3 is 1. The van der Waals surface area contributed by atoms with E-state index in [0.717, 1.165) is 11.3 Å². The molecule has 4 rings (SSSR count). The summed E-state index contributed by atoms with van der Waals surface area (Å²) in [5.74, 6) is 0.177. The Bertz CT molecular complexity index is 1250. The second kappa shape index (κ2) is 9.05. The number of fused-ring (bicyclic) bond motifs is 1. The van der Waals surface area contributed by atoms with E-state index < -0.39 is 10.0 Å². The maximum Gasteiger partial charge on any atom is 0.322 e. The van der Waals surface area contributed by atoms with E-state index in [2.05, 4.69) is 15.0 Å². The molecule has 0 aliphatic carbocycles. The molecule has 166 valence electrons. The van der Waals surface area contributed by atoms with Crippen molar-refractivity contribution in [3.8, 4) is 5.75 Å². The Morgan fingerprint density at radius 3 is 2.66 bits per heavy atom. The van der Waals surface area contributed by atoms with Crippen LogP contribution in [0.3, 0.4) is 0 Å². The second-order valence-corrected chi connectivity index (χ2v) is 9.29. The number of pyridine rings is 1. The van der Waals surface area contributed by atoms with Gasteiger partial charge in [-0.1, -0.05) is 29.8 Å². The summed E-state index contributed by atoms with van der Waals surface area (Å²) in [6.45, 7) is 0.834. The van der Waals surface area contributed by atoms with Crippen molar-refractivity contribution in [1.29, 1.82) is 0 Å². The number of hydrogen-bond donors (Lipinski definition) is 2. The standard InChI is InChI=1S/C22H21ClN4O4S/c1-31-20-8-7-16(23)12-21(20)32(29,30)26-18-11-15-14-27(10-9-19(15)24-13-18)22(28)25-17-5-3-2-4-6-17/h2-8,11-13,26H,9-10,14H2,1H3,(H,25,28). The maximum absolute atomic E-state index is 12.9. The highest BCUT2D eigenvalue weighted by Gasteiger charge is 2.24. The number of para-hydroxylation sites is 1. The Labute approximate surface area is 191 Å². The van der Waals surface area contributed by atoms with Gasteiger partial charge in [0.2, 0.25) is 0 Å². The molecule has 8 nitrogen and oxygen atoms in total. The maximum atomic E-state index is 12.9. The number of nitrogens with zero attached hydrogens (tertiary/aromatic N) is 2. The van der Waals surface area contributed by atoms with Crippen LogP contribution >= 0.6 is 11.6 Å². The number of benzene rings is 2. The van der Waals surface area contributed by atoms with E-state index in [0.29, 0.717) is 25.2 Å². The predicted octanol–water partition coefficient (Wildman–Crippen LogP) is 4.13. The Hall–Kier alpha value is -3.30. The molecule has 0 bridgehead atoms. The SMILES string of the molecule is COc1ccc(Cl)cc1S(=O)(=O)Nc1cnc2c(c1)CN(C(=O)Nc1ccccc1)CC2. The highest BCUT2D eigenvalue weighted by Crippen LogP contribution is 2.29. The first kappa shape index (κ1) is 21.9. The van der Waals surface area contributed by atoms with E-state index in [4.69, 9.17) is 16.3 Å². The number of ether oxygens (including phenoxy) is 1. The summed E-state index contributed by atoms with van der Waals surface area (Å²) >= 11 is 5.98. The van der Waals surface area contributed by atoms with Crippen LogP contribution in [0.2, 0.25) is 5.02 Å². The lowest BCUT2D eigenvalue weighted by molar-refractivity contribution is 0.206. The molecular weight excluding hydrogens is 452 g/mol. The summed E-state index contributed by atoms with van der Waals surface area (Å²) in [5.41, 5.74) is 2.60. The highest BCUT2D eigenvalue weighted by molar-refractivity contribution is 7.92. The number of carbonyl (C=O) groups is 1. The van der Waals surface area contributed by atoms with Crippen LogP contribution in [0.5, 0.6) is 5.75 Å². The zero-order valence-electron chi connectivity index (χ0n) is 17.2. The van der Waals surface area contributed by atoms with Crippen LogP contribution in [0, 0.1) is 0 Å². The monoisotopic (exact) mass is 472 g/mol. The van der Waals surface area contributed by atoms with Gasteiger partial charge in [0, 0.05) is 35.9 Å². The smallest absolute Gasteiger partial charge is 0.322 e. The van der Waals surface area contributed by atoms with Crippen molar-refractivity contribution >= 4 is 39.0 Å². The van der Waals surface area contributed by atoms with Crippen LogP contribution in [0.1, 0.15) is 11.3 Å². The molecule has 0 fully saturated rings. The molecule has 3 aromatic rings. The van der Waals surface area contributed by atoms with Gasteiger partial charge < -0.3 is 15.0 Å². The summed E-state index contributed by atoms with van der Waals surface area (Å²) in [6, 6.07) is 15.0. The fourth-order valence-corrected chi connectivity index (χ4v) is 4.92. The normalized spacial score (nSPS) is 13.2. The molecule has 10 heteroatoms. The fraction of sp³-hybridized carbons (Fsp3) is 0.182. The molecule has 0 spiro atoms. The van der Waals surface area contributed by atoms with Crippen molar-refractivity contribution in [2.45, 2.75) is 17.9 Å². The summed E-state index contributed by atoms with van der Waals surface area (Å²) in [6.07, 6.45) is 2.04. The van der Waals surface area contributed by atoms with Gasteiger partial charge in [0.25, 0.3) is 10.0 Å². The Balaban J connectivity index is 1.52. The van der Waals surface area contributed by atoms with Crippen molar-refractivity contribution < 1.29 is 17.9 Å². The third kappa shape index (κ3) is 4.79. The van der Waals surface area contributed by atoms with Crippen molar-refractivity contribution in [2.75, 3.05) is 23.7 Å². The number of halogens is 1. The Morgan fingerprint density at radius 1 is 1.12 bits per heavy atom. The minimum absolute atomic E-state index is 0.0749. The van der Waals surface area contributed by atoms with Crippen molar-refractivity contribution in [3.05, 3.63) is 77.1 Å². The Kier molecular flexibility index (Phi) is 6.20. The van der Waals surface area contributed by atoms with Crippen LogP contribution in [-0.4, -0.2) is 38.0 Å². The number of hydrogen-bond acceptors (Lipinski definition) is 5. The zero-order chi connectivity index (χ0) is 22.7. The van der Waals surface area contributed by atoms with Crippen LogP contribution in [-0.2, 0) is 23.0 Å². The van der Waals surface area contributed by atoms with Crippen LogP contribution in [0.4, 0.5) is 16.2 Å². The summed E-state index contributed by atoms with van der Waals surface area (Å²) in [5, 5.41) is 3.14. The molecule has 2 N–H and O–H groups in total. The summed E-state index contributed by atoms with van der Waals surface area (Å²) in [7, 11) is -2.58. The van der Waals surface area contributed by atoms with Gasteiger partial charge >= 0.3 is 6.03 Å². The van der Waals surface area contributed by atoms with Crippen molar-refractivity contribution in [3.63, 3.8) is 0 Å². The molecule has 2 heterocycles. The third-order valence-corrected chi connectivity index (χ3v) is 6.66. The van der Waals surface area contributed by atoms with Gasteiger partial charge in [0.1, 0.15) is 10.6 Å². The van der Waals surface area contributed by atoms with E-state index in [9.17, 15) is 13.2 Å². The van der Waals surface area contributed by atoms with Crippen LogP contribution in [0.15, 0.2) is 65.7 Å². The molecule has 0 saturated heterocycles. The minimum atomic E-state index is -3.97. The molecular formula is C22H21ClN4O4S. The average Bonchev–Trinajstić information content (AvgIpc) is 2.79. The van der Waals surface area contributed by atoms with Gasteiger partial charge in [-0.25, -0.2) is 13.2 Å². The average molecular weight is 473 g/mol.